The second-order valence-corrected chi connectivity index (χ2v) is 4.01. The first-order valence-corrected chi connectivity index (χ1v) is 4.97. The molecule has 0 bridgehead atoms. The van der Waals surface area contributed by atoms with Gasteiger partial charge in [0.25, 0.3) is 0 Å². The molecule has 0 aromatic heterocycles. The molecule has 1 unspecified atom stereocenters. The Hall–Kier alpha value is -0.920. The molecule has 13 heavy (non-hydrogen) atoms. The summed E-state index contributed by atoms with van der Waals surface area (Å²) in [6.07, 6.45) is 4.31. The molecule has 0 aromatic carbocycles. The molecule has 0 radical (unpaired) electrons. The Bertz CT molecular complexity index is 299. The van der Waals surface area contributed by atoms with Gasteiger partial charge >= 0.3 is 0 Å². The number of carbonyl (C=O) groups is 2. The summed E-state index contributed by atoms with van der Waals surface area (Å²) >= 11 is 0. The van der Waals surface area contributed by atoms with E-state index >= 15 is 0 Å². The van der Waals surface area contributed by atoms with Crippen LogP contribution in [0.15, 0.2) is 11.1 Å². The highest BCUT2D eigenvalue weighted by molar-refractivity contribution is 6.07. The van der Waals surface area contributed by atoms with Gasteiger partial charge in [-0.2, -0.15) is 0 Å². The zero-order valence-electron chi connectivity index (χ0n) is 7.93. The maximum Gasteiger partial charge on any atom is 0.159 e. The second kappa shape index (κ2) is 3.09. The number of hydrogen-bond donors (Lipinski definition) is 0. The summed E-state index contributed by atoms with van der Waals surface area (Å²) in [7, 11) is 0. The summed E-state index contributed by atoms with van der Waals surface area (Å²) in [6.45, 7) is 1.81. The van der Waals surface area contributed by atoms with E-state index in [1.165, 1.54) is 0 Å². The van der Waals surface area contributed by atoms with E-state index in [1.807, 2.05) is 6.92 Å². The van der Waals surface area contributed by atoms with Crippen LogP contribution in [0.2, 0.25) is 0 Å². The largest absolute Gasteiger partial charge is 0.295 e. The molecule has 2 aliphatic carbocycles. The first-order chi connectivity index (χ1) is 6.20. The van der Waals surface area contributed by atoms with Crippen LogP contribution in [0.25, 0.3) is 0 Å². The van der Waals surface area contributed by atoms with E-state index in [1.54, 1.807) is 0 Å². The van der Waals surface area contributed by atoms with Gasteiger partial charge in [-0.3, -0.25) is 9.59 Å². The van der Waals surface area contributed by atoms with Crippen molar-refractivity contribution in [3.05, 3.63) is 11.1 Å². The van der Waals surface area contributed by atoms with Crippen molar-refractivity contribution in [3.63, 3.8) is 0 Å². The van der Waals surface area contributed by atoms with E-state index in [9.17, 15) is 9.59 Å². The molecule has 0 aromatic rings. The van der Waals surface area contributed by atoms with E-state index in [4.69, 9.17) is 0 Å². The minimum Gasteiger partial charge on any atom is -0.295 e. The van der Waals surface area contributed by atoms with Gasteiger partial charge in [-0.1, -0.05) is 0 Å². The predicted octanol–water partition coefficient (Wildman–Crippen LogP) is 2.04. The number of carbonyl (C=O) groups excluding carboxylic acids is 2. The van der Waals surface area contributed by atoms with E-state index in [0.717, 1.165) is 30.4 Å². The van der Waals surface area contributed by atoms with Gasteiger partial charge in [0.15, 0.2) is 11.6 Å². The monoisotopic (exact) mass is 178 g/mol. The van der Waals surface area contributed by atoms with Gasteiger partial charge in [0.05, 0.1) is 0 Å². The fraction of sp³-hybridized carbons (Fsp3) is 0.636. The van der Waals surface area contributed by atoms with Crippen LogP contribution in [0, 0.1) is 5.92 Å². The lowest BCUT2D eigenvalue weighted by atomic mass is 9.74. The molecular formula is C11H14O2. The predicted molar refractivity (Wildman–Crippen MR) is 49.3 cm³/mol. The number of Topliss-reactive ketones (excluding diaryl/α,β-unsaturated/α-hetero) is 2. The average molecular weight is 178 g/mol. The van der Waals surface area contributed by atoms with E-state index in [0.29, 0.717) is 18.8 Å². The van der Waals surface area contributed by atoms with Gasteiger partial charge in [-0.15, -0.1) is 0 Å². The van der Waals surface area contributed by atoms with Crippen molar-refractivity contribution in [1.29, 1.82) is 0 Å². The van der Waals surface area contributed by atoms with Crippen LogP contribution < -0.4 is 0 Å². The Labute approximate surface area is 78.0 Å². The van der Waals surface area contributed by atoms with Crippen LogP contribution >= 0.6 is 0 Å². The molecule has 0 amide bonds. The Morgan fingerprint density at radius 3 is 2.62 bits per heavy atom. The fourth-order valence-electron chi connectivity index (χ4n) is 2.46. The summed E-state index contributed by atoms with van der Waals surface area (Å²) in [5.41, 5.74) is 1.61. The zero-order valence-corrected chi connectivity index (χ0v) is 7.93. The molecule has 0 aliphatic heterocycles. The van der Waals surface area contributed by atoms with Crippen molar-refractivity contribution in [3.8, 4) is 0 Å². The number of hydrogen-bond acceptors (Lipinski definition) is 2. The fourth-order valence-corrected chi connectivity index (χ4v) is 2.46. The van der Waals surface area contributed by atoms with Crippen molar-refractivity contribution in [2.75, 3.05) is 0 Å². The Morgan fingerprint density at radius 2 is 1.85 bits per heavy atom. The Kier molecular flexibility index (Phi) is 2.06. The van der Waals surface area contributed by atoms with E-state index in [2.05, 4.69) is 0 Å². The van der Waals surface area contributed by atoms with Crippen molar-refractivity contribution >= 4 is 11.6 Å². The third-order valence-corrected chi connectivity index (χ3v) is 3.21. The molecule has 1 atom stereocenters. The molecule has 2 heteroatoms. The molecular weight excluding hydrogens is 164 g/mol. The van der Waals surface area contributed by atoms with Gasteiger partial charge in [0.1, 0.15) is 0 Å². The van der Waals surface area contributed by atoms with Crippen LogP contribution in [-0.4, -0.2) is 11.6 Å². The molecule has 2 rings (SSSR count). The van der Waals surface area contributed by atoms with Crippen molar-refractivity contribution in [2.24, 2.45) is 5.92 Å². The molecule has 0 heterocycles. The molecule has 2 nitrogen and oxygen atoms in total. The maximum absolute atomic E-state index is 11.6. The number of allylic oxidation sites excluding steroid dienone is 2. The minimum absolute atomic E-state index is 0.182. The summed E-state index contributed by atoms with van der Waals surface area (Å²) in [4.78, 5) is 23.0. The third-order valence-electron chi connectivity index (χ3n) is 3.21. The number of ketones is 2. The van der Waals surface area contributed by atoms with Gasteiger partial charge in [0.2, 0.25) is 0 Å². The number of fused-ring (bicyclic) bond motifs is 1. The summed E-state index contributed by atoms with van der Waals surface area (Å²) in [5.74, 6) is 0.808. The average Bonchev–Trinajstić information content (AvgIpc) is 2.12. The Morgan fingerprint density at radius 1 is 1.08 bits per heavy atom. The molecule has 0 spiro atoms. The lowest BCUT2D eigenvalue weighted by Gasteiger charge is -2.29. The highest BCUT2D eigenvalue weighted by Crippen LogP contribution is 2.36. The van der Waals surface area contributed by atoms with Gasteiger partial charge < -0.3 is 0 Å². The van der Waals surface area contributed by atoms with Crippen LogP contribution in [0.3, 0.4) is 0 Å². The van der Waals surface area contributed by atoms with Crippen LogP contribution in [0.4, 0.5) is 0 Å². The van der Waals surface area contributed by atoms with Gasteiger partial charge in [-0.25, -0.2) is 0 Å². The molecule has 1 saturated carbocycles. The molecule has 0 saturated heterocycles. The second-order valence-electron chi connectivity index (χ2n) is 4.01. The smallest absolute Gasteiger partial charge is 0.159 e. The zero-order chi connectivity index (χ0) is 9.42. The lowest BCUT2D eigenvalue weighted by molar-refractivity contribution is -0.120. The van der Waals surface area contributed by atoms with Crippen molar-refractivity contribution < 1.29 is 9.59 Å². The van der Waals surface area contributed by atoms with Crippen molar-refractivity contribution in [2.45, 2.75) is 39.0 Å². The third kappa shape index (κ3) is 1.34. The van der Waals surface area contributed by atoms with Crippen LogP contribution in [0.5, 0.6) is 0 Å². The van der Waals surface area contributed by atoms with Gasteiger partial charge in [0, 0.05) is 18.4 Å². The highest BCUT2D eigenvalue weighted by Gasteiger charge is 2.32. The minimum atomic E-state index is 0.182. The molecule has 70 valence electrons. The lowest BCUT2D eigenvalue weighted by Crippen LogP contribution is -2.27. The Balaban J connectivity index is 2.41. The molecule has 0 N–H and O–H groups in total. The van der Waals surface area contributed by atoms with Gasteiger partial charge in [-0.05, 0) is 37.7 Å². The topological polar surface area (TPSA) is 34.1 Å². The summed E-state index contributed by atoms with van der Waals surface area (Å²) in [6, 6.07) is 0. The van der Waals surface area contributed by atoms with Crippen LogP contribution in [-0.2, 0) is 9.59 Å². The first kappa shape index (κ1) is 8.67. The summed E-state index contributed by atoms with van der Waals surface area (Å²) < 4.78 is 0. The van der Waals surface area contributed by atoms with E-state index < -0.39 is 0 Å². The quantitative estimate of drug-likeness (QED) is 0.568. The highest BCUT2D eigenvalue weighted by atomic mass is 16.1. The maximum atomic E-state index is 11.6. The van der Waals surface area contributed by atoms with Crippen LogP contribution in [0.1, 0.15) is 39.0 Å². The van der Waals surface area contributed by atoms with Crippen molar-refractivity contribution in [1.82, 2.24) is 0 Å². The normalized spacial score (nSPS) is 29.2. The molecule has 1 fully saturated rings. The van der Waals surface area contributed by atoms with E-state index in [-0.39, 0.29) is 11.6 Å². The number of rotatable bonds is 0. The SMILES string of the molecule is CC1=C2C(=O)CCCC2CCC1=O. The standard InChI is InChI=1S/C11H14O2/c1-7-9(12)6-5-8-3-2-4-10(13)11(7)8/h8H,2-6H2,1H3. The summed E-state index contributed by atoms with van der Waals surface area (Å²) in [5, 5.41) is 0. The molecule has 2 aliphatic rings. The first-order valence-electron chi connectivity index (χ1n) is 4.97.